The second-order valence-electron chi connectivity index (χ2n) is 12.1. The molecule has 2 aromatic carbocycles. The number of nitrogens with two attached hydrogens (primary N) is 1. The van der Waals surface area contributed by atoms with Gasteiger partial charge in [0.05, 0.1) is 11.2 Å². The molecule has 6 heteroatoms. The van der Waals surface area contributed by atoms with Crippen molar-refractivity contribution in [3.8, 4) is 0 Å². The third-order valence-electron chi connectivity index (χ3n) is 9.37. The maximum Gasteiger partial charge on any atom is 0.188 e. The molecule has 2 saturated carbocycles. The van der Waals surface area contributed by atoms with E-state index in [2.05, 4.69) is 58.3 Å². The maximum absolute atomic E-state index is 11.9. The molecule has 5 atom stereocenters. The molecule has 3 aromatic rings. The van der Waals surface area contributed by atoms with E-state index in [1.807, 2.05) is 31.2 Å². The summed E-state index contributed by atoms with van der Waals surface area (Å²) in [5.74, 6) is 0.776. The highest BCUT2D eigenvalue weighted by atomic mass is 16.3. The van der Waals surface area contributed by atoms with E-state index in [4.69, 9.17) is 5.73 Å². The number of benzene rings is 2. The smallest absolute Gasteiger partial charge is 0.188 e. The van der Waals surface area contributed by atoms with Crippen molar-refractivity contribution in [3.63, 3.8) is 0 Å². The van der Waals surface area contributed by atoms with Crippen LogP contribution in [0.2, 0.25) is 0 Å². The van der Waals surface area contributed by atoms with Crippen LogP contribution in [0.25, 0.3) is 10.9 Å². The number of nitrogens with zero attached hydrogens (tertiary/aromatic N) is 1. The van der Waals surface area contributed by atoms with Gasteiger partial charge in [-0.25, -0.2) is 0 Å². The number of fused-ring (bicyclic) bond motifs is 2. The average molecular weight is 529 g/mol. The Labute approximate surface area is 232 Å². The van der Waals surface area contributed by atoms with Gasteiger partial charge in [-0.1, -0.05) is 60.7 Å². The summed E-state index contributed by atoms with van der Waals surface area (Å²) in [6.07, 6.45) is 6.22. The summed E-state index contributed by atoms with van der Waals surface area (Å²) in [4.78, 5) is 8.06. The van der Waals surface area contributed by atoms with Crippen molar-refractivity contribution in [3.05, 3.63) is 84.1 Å². The standard InChI is InChI=1S/C33H44N4O2/c1-23(20-27-21-26-10-6-7-11-30(26)37-27)25-12-15-32(2,38)28-13-16-33(39,29(28)22-25)17-19-36-31(34)35-18-14-24-8-4-3-5-9-24/h3-11,21,25,28-29,37-39H,1,12-20,22H2,2H3,(H3,34,35,36)/t25-,28-,29-,32+,33+/m0/s1. The van der Waals surface area contributed by atoms with Gasteiger partial charge in [-0.05, 0) is 92.7 Å². The molecule has 2 fully saturated rings. The molecule has 0 aliphatic heterocycles. The maximum atomic E-state index is 11.9. The van der Waals surface area contributed by atoms with Gasteiger partial charge in [-0.2, -0.15) is 0 Å². The van der Waals surface area contributed by atoms with E-state index in [0.717, 1.165) is 50.6 Å². The molecule has 0 bridgehead atoms. The van der Waals surface area contributed by atoms with Gasteiger partial charge in [0.25, 0.3) is 0 Å². The Morgan fingerprint density at radius 1 is 1.08 bits per heavy atom. The van der Waals surface area contributed by atoms with E-state index in [-0.39, 0.29) is 17.8 Å². The first-order valence-corrected chi connectivity index (χ1v) is 14.5. The normalized spacial score (nSPS) is 29.2. The first kappa shape index (κ1) is 27.5. The van der Waals surface area contributed by atoms with Gasteiger partial charge in [0, 0.05) is 30.7 Å². The number of para-hydroxylation sites is 1. The molecule has 0 unspecified atom stereocenters. The highest BCUT2D eigenvalue weighted by molar-refractivity contribution is 5.80. The third kappa shape index (κ3) is 6.39. The van der Waals surface area contributed by atoms with E-state index < -0.39 is 11.2 Å². The Balaban J connectivity index is 1.21. The number of nitrogens with one attached hydrogen (secondary N) is 2. The summed E-state index contributed by atoms with van der Waals surface area (Å²) in [5.41, 5.74) is 9.23. The van der Waals surface area contributed by atoms with Crippen molar-refractivity contribution < 1.29 is 10.2 Å². The van der Waals surface area contributed by atoms with Gasteiger partial charge in [0.2, 0.25) is 0 Å². The number of allylic oxidation sites excluding steroid dienone is 1. The van der Waals surface area contributed by atoms with Crippen LogP contribution in [0.1, 0.15) is 56.7 Å². The zero-order valence-electron chi connectivity index (χ0n) is 23.2. The lowest BCUT2D eigenvalue weighted by Crippen LogP contribution is -2.43. The number of rotatable bonds is 9. The van der Waals surface area contributed by atoms with Crippen LogP contribution in [0.15, 0.2) is 77.8 Å². The lowest BCUT2D eigenvalue weighted by Gasteiger charge is -2.37. The topological polar surface area (TPSA) is 107 Å². The van der Waals surface area contributed by atoms with Crippen molar-refractivity contribution in [2.45, 2.75) is 69.5 Å². The van der Waals surface area contributed by atoms with Crippen LogP contribution in [-0.4, -0.2) is 45.4 Å². The monoisotopic (exact) mass is 528 g/mol. The molecule has 0 saturated heterocycles. The first-order valence-electron chi connectivity index (χ1n) is 14.5. The fourth-order valence-corrected chi connectivity index (χ4v) is 7.08. The van der Waals surface area contributed by atoms with Gasteiger partial charge in [-0.15, -0.1) is 0 Å². The zero-order chi connectivity index (χ0) is 27.5. The lowest BCUT2D eigenvalue weighted by molar-refractivity contribution is -0.0637. The highest BCUT2D eigenvalue weighted by Gasteiger charge is 2.54. The Bertz CT molecular complexity index is 1260. The molecule has 0 radical (unpaired) electrons. The summed E-state index contributed by atoms with van der Waals surface area (Å²) >= 11 is 0. The fraction of sp³-hybridized carbons (Fsp3) is 0.485. The molecule has 1 heterocycles. The van der Waals surface area contributed by atoms with E-state index in [1.165, 1.54) is 22.2 Å². The number of aromatic nitrogens is 1. The molecule has 6 nitrogen and oxygen atoms in total. The molecule has 0 spiro atoms. The molecule has 2 aliphatic carbocycles. The van der Waals surface area contributed by atoms with Crippen LogP contribution < -0.4 is 11.1 Å². The molecule has 1 aromatic heterocycles. The third-order valence-corrected chi connectivity index (χ3v) is 9.37. The second kappa shape index (κ2) is 11.6. The van der Waals surface area contributed by atoms with Crippen LogP contribution >= 0.6 is 0 Å². The Morgan fingerprint density at radius 3 is 2.64 bits per heavy atom. The number of hydrogen-bond acceptors (Lipinski definition) is 3. The minimum Gasteiger partial charge on any atom is -0.390 e. The molecule has 2 aliphatic rings. The van der Waals surface area contributed by atoms with Crippen molar-refractivity contribution in [2.24, 2.45) is 28.5 Å². The van der Waals surface area contributed by atoms with Gasteiger partial charge in [-0.3, -0.25) is 4.99 Å². The number of H-pyrrole nitrogens is 1. The number of aliphatic hydroxyl groups is 2. The number of hydrogen-bond donors (Lipinski definition) is 5. The predicted molar refractivity (Wildman–Crippen MR) is 160 cm³/mol. The lowest BCUT2D eigenvalue weighted by atomic mass is 9.74. The predicted octanol–water partition coefficient (Wildman–Crippen LogP) is 5.11. The second-order valence-corrected chi connectivity index (χ2v) is 12.1. The van der Waals surface area contributed by atoms with Gasteiger partial charge in [0.1, 0.15) is 0 Å². The first-order chi connectivity index (χ1) is 18.7. The molecule has 208 valence electrons. The van der Waals surface area contributed by atoms with E-state index in [0.29, 0.717) is 25.3 Å². The highest BCUT2D eigenvalue weighted by Crippen LogP contribution is 2.54. The Morgan fingerprint density at radius 2 is 1.85 bits per heavy atom. The molecule has 5 rings (SSSR count). The van der Waals surface area contributed by atoms with Crippen molar-refractivity contribution in [2.75, 3.05) is 13.1 Å². The summed E-state index contributed by atoms with van der Waals surface area (Å²) in [5, 5.41) is 27.7. The van der Waals surface area contributed by atoms with Gasteiger partial charge < -0.3 is 26.2 Å². The Hall–Kier alpha value is -3.09. The van der Waals surface area contributed by atoms with E-state index in [1.54, 1.807) is 0 Å². The van der Waals surface area contributed by atoms with Gasteiger partial charge in [0.15, 0.2) is 5.96 Å². The van der Waals surface area contributed by atoms with Crippen molar-refractivity contribution in [1.29, 1.82) is 0 Å². The summed E-state index contributed by atoms with van der Waals surface area (Å²) in [6.45, 7) is 7.65. The van der Waals surface area contributed by atoms with E-state index in [9.17, 15) is 10.2 Å². The molecule has 6 N–H and O–H groups in total. The van der Waals surface area contributed by atoms with Crippen LogP contribution in [0.4, 0.5) is 0 Å². The van der Waals surface area contributed by atoms with Crippen LogP contribution in [0, 0.1) is 17.8 Å². The van der Waals surface area contributed by atoms with Crippen molar-refractivity contribution in [1.82, 2.24) is 10.3 Å². The largest absolute Gasteiger partial charge is 0.390 e. The van der Waals surface area contributed by atoms with Crippen LogP contribution in [0.3, 0.4) is 0 Å². The van der Waals surface area contributed by atoms with E-state index >= 15 is 0 Å². The average Bonchev–Trinajstić information content (AvgIpc) is 3.43. The van der Waals surface area contributed by atoms with Gasteiger partial charge >= 0.3 is 0 Å². The molecular formula is C33H44N4O2. The number of aliphatic imine (C=N–C) groups is 1. The molecule has 0 amide bonds. The summed E-state index contributed by atoms with van der Waals surface area (Å²) in [6, 6.07) is 20.8. The number of guanidine groups is 1. The molecular weight excluding hydrogens is 484 g/mol. The molecule has 39 heavy (non-hydrogen) atoms. The minimum atomic E-state index is -0.855. The van der Waals surface area contributed by atoms with Crippen LogP contribution in [-0.2, 0) is 12.8 Å². The van der Waals surface area contributed by atoms with Crippen LogP contribution in [0.5, 0.6) is 0 Å². The fourth-order valence-electron chi connectivity index (χ4n) is 7.08. The zero-order valence-corrected chi connectivity index (χ0v) is 23.2. The quantitative estimate of drug-likeness (QED) is 0.151. The summed E-state index contributed by atoms with van der Waals surface area (Å²) in [7, 11) is 0. The SMILES string of the molecule is C=C(Cc1cc2ccccc2[nH]1)[C@H]1CC[C@@](C)(O)[C@H]2CC[C@@](O)(CCN=C(N)NCCc3ccccc3)[C@H]2C1. The van der Waals surface area contributed by atoms with Crippen molar-refractivity contribution >= 4 is 16.9 Å². The Kier molecular flexibility index (Phi) is 8.15. The number of aromatic amines is 1. The minimum absolute atomic E-state index is 0.0157. The summed E-state index contributed by atoms with van der Waals surface area (Å²) < 4.78 is 0.